The van der Waals surface area contributed by atoms with Gasteiger partial charge in [0, 0.05) is 19.3 Å². The molecule has 0 aliphatic carbocycles. The predicted octanol–water partition coefficient (Wildman–Crippen LogP) is 1.90. The molecule has 1 aliphatic rings. The molecule has 3 heterocycles. The van der Waals surface area contributed by atoms with Gasteiger partial charge in [-0.15, -0.1) is 0 Å². The van der Waals surface area contributed by atoms with Crippen LogP contribution in [0.15, 0.2) is 17.4 Å². The van der Waals surface area contributed by atoms with E-state index in [-0.39, 0.29) is 35.9 Å². The van der Waals surface area contributed by atoms with Crippen LogP contribution in [0.5, 0.6) is 0 Å². The molecule has 3 rings (SSSR count). The van der Waals surface area contributed by atoms with Crippen LogP contribution in [-0.4, -0.2) is 61.0 Å². The van der Waals surface area contributed by atoms with Crippen molar-refractivity contribution in [3.8, 4) is 0 Å². The Balaban J connectivity index is 1.51. The number of aromatic nitrogens is 3. The Labute approximate surface area is 156 Å². The fourth-order valence-electron chi connectivity index (χ4n) is 2.16. The number of hydrogen-bond acceptors (Lipinski definition) is 7. The van der Waals surface area contributed by atoms with Crippen molar-refractivity contribution in [3.63, 3.8) is 0 Å². The molecule has 11 heteroatoms. The van der Waals surface area contributed by atoms with Crippen LogP contribution in [0.1, 0.15) is 6.92 Å². The number of nitrogens with zero attached hydrogens (tertiary/aromatic N) is 3. The summed E-state index contributed by atoms with van der Waals surface area (Å²) >= 11 is 8.11. The predicted molar refractivity (Wildman–Crippen MR) is 96.8 cm³/mol. The lowest BCUT2D eigenvalue weighted by Crippen LogP contribution is -2.39. The Bertz CT molecular complexity index is 827. The summed E-state index contributed by atoms with van der Waals surface area (Å²) in [7, 11) is 0. The molecule has 0 spiro atoms. The van der Waals surface area contributed by atoms with Crippen molar-refractivity contribution in [2.24, 2.45) is 0 Å². The Morgan fingerprint density at radius 1 is 1.56 bits per heavy atom. The quantitative estimate of drug-likeness (QED) is 0.714. The van der Waals surface area contributed by atoms with Crippen LogP contribution in [0.4, 0.5) is 4.79 Å². The second-order valence-corrected chi connectivity index (χ2v) is 7.91. The van der Waals surface area contributed by atoms with E-state index in [2.05, 4.69) is 20.3 Å². The molecular weight excluding hydrogens is 386 g/mol. The monoisotopic (exact) mass is 399 g/mol. The number of imide groups is 1. The minimum Gasteiger partial charge on any atom is -0.353 e. The minimum atomic E-state index is -0.407. The summed E-state index contributed by atoms with van der Waals surface area (Å²) in [6.45, 7) is 2.15. The molecule has 2 N–H and O–H groups in total. The Kier molecular flexibility index (Phi) is 5.50. The van der Waals surface area contributed by atoms with Crippen molar-refractivity contribution in [2.75, 3.05) is 18.8 Å². The maximum absolute atomic E-state index is 12.1. The van der Waals surface area contributed by atoms with E-state index in [1.54, 1.807) is 13.0 Å². The first-order chi connectivity index (χ1) is 11.9. The number of aromatic amines is 1. The highest BCUT2D eigenvalue weighted by Crippen LogP contribution is 2.24. The zero-order chi connectivity index (χ0) is 18.0. The maximum atomic E-state index is 12.1. The number of pyridine rings is 1. The molecule has 1 aliphatic heterocycles. The van der Waals surface area contributed by atoms with E-state index >= 15 is 0 Å². The average Bonchev–Trinajstić information content (AvgIpc) is 3.10. The van der Waals surface area contributed by atoms with Gasteiger partial charge >= 0.3 is 0 Å². The largest absolute Gasteiger partial charge is 0.353 e. The zero-order valence-electron chi connectivity index (χ0n) is 13.1. The first-order valence-electron chi connectivity index (χ1n) is 7.37. The molecule has 1 atom stereocenters. The molecule has 1 fully saturated rings. The highest BCUT2D eigenvalue weighted by atomic mass is 35.5. The highest BCUT2D eigenvalue weighted by Gasteiger charge is 2.29. The van der Waals surface area contributed by atoms with Gasteiger partial charge in [0.15, 0.2) is 10.8 Å². The SMILES string of the molecule is C[C@@H](Sc1nc2ncc(Cl)cc2[nH]1)C(=O)NCCN1C(=O)CSC1=O. The second-order valence-electron chi connectivity index (χ2n) is 5.22. The Morgan fingerprint density at radius 3 is 3.08 bits per heavy atom. The molecule has 132 valence electrons. The number of H-pyrrole nitrogens is 1. The van der Waals surface area contributed by atoms with Gasteiger partial charge in [0.1, 0.15) is 0 Å². The molecule has 0 radical (unpaired) electrons. The molecule has 2 aromatic rings. The smallest absolute Gasteiger partial charge is 0.288 e. The normalized spacial score (nSPS) is 15.8. The van der Waals surface area contributed by atoms with Gasteiger partial charge in [-0.05, 0) is 13.0 Å². The first kappa shape index (κ1) is 18.0. The lowest BCUT2D eigenvalue weighted by atomic mass is 10.4. The number of amides is 3. The Morgan fingerprint density at radius 2 is 2.36 bits per heavy atom. The first-order valence-corrected chi connectivity index (χ1v) is 9.61. The van der Waals surface area contributed by atoms with E-state index in [1.165, 1.54) is 18.0 Å². The third kappa shape index (κ3) is 4.25. The van der Waals surface area contributed by atoms with Gasteiger partial charge in [-0.1, -0.05) is 35.1 Å². The van der Waals surface area contributed by atoms with Crippen LogP contribution in [-0.2, 0) is 9.59 Å². The third-order valence-electron chi connectivity index (χ3n) is 3.42. The topological polar surface area (TPSA) is 108 Å². The van der Waals surface area contributed by atoms with Gasteiger partial charge in [-0.2, -0.15) is 0 Å². The highest BCUT2D eigenvalue weighted by molar-refractivity contribution is 8.14. The second kappa shape index (κ2) is 7.63. The van der Waals surface area contributed by atoms with Crippen LogP contribution < -0.4 is 5.32 Å². The van der Waals surface area contributed by atoms with E-state index < -0.39 is 5.25 Å². The molecule has 0 saturated carbocycles. The van der Waals surface area contributed by atoms with Crippen LogP contribution in [0.2, 0.25) is 5.02 Å². The van der Waals surface area contributed by atoms with Crippen LogP contribution >= 0.6 is 35.1 Å². The van der Waals surface area contributed by atoms with Crippen molar-refractivity contribution < 1.29 is 14.4 Å². The third-order valence-corrected chi connectivity index (χ3v) is 5.46. The lowest BCUT2D eigenvalue weighted by Gasteiger charge is -2.14. The number of fused-ring (bicyclic) bond motifs is 1. The van der Waals surface area contributed by atoms with Gasteiger partial charge in [-0.3, -0.25) is 19.3 Å². The summed E-state index contributed by atoms with van der Waals surface area (Å²) in [5.74, 6) is -0.258. The number of rotatable bonds is 6. The van der Waals surface area contributed by atoms with Crippen LogP contribution in [0, 0.1) is 0 Å². The number of carbonyl (C=O) groups excluding carboxylic acids is 3. The fourth-order valence-corrected chi connectivity index (χ4v) is 3.90. The van der Waals surface area contributed by atoms with E-state index in [4.69, 9.17) is 11.6 Å². The standard InChI is InChI=1S/C14H14ClN5O3S2/c1-7(12(22)16-2-3-20-10(21)6-24-14(20)23)25-13-18-9-4-8(15)5-17-11(9)19-13/h4-5,7H,2-3,6H2,1H3,(H,16,22)(H,17,18,19)/t7-/m1/s1. The molecule has 2 aromatic heterocycles. The van der Waals surface area contributed by atoms with E-state index in [1.807, 2.05) is 0 Å². The summed E-state index contributed by atoms with van der Waals surface area (Å²) in [6.07, 6.45) is 1.51. The molecule has 8 nitrogen and oxygen atoms in total. The van der Waals surface area contributed by atoms with E-state index in [9.17, 15) is 14.4 Å². The number of hydrogen-bond donors (Lipinski definition) is 2. The summed E-state index contributed by atoms with van der Waals surface area (Å²) < 4.78 is 0. The number of imidazole rings is 1. The van der Waals surface area contributed by atoms with Gasteiger partial charge < -0.3 is 10.3 Å². The molecule has 0 aromatic carbocycles. The maximum Gasteiger partial charge on any atom is 0.288 e. The van der Waals surface area contributed by atoms with Crippen molar-refractivity contribution in [1.29, 1.82) is 0 Å². The van der Waals surface area contributed by atoms with Gasteiger partial charge in [0.05, 0.1) is 21.5 Å². The number of thioether (sulfide) groups is 2. The fraction of sp³-hybridized carbons (Fsp3) is 0.357. The van der Waals surface area contributed by atoms with Gasteiger partial charge in [0.2, 0.25) is 11.8 Å². The number of halogens is 1. The molecule has 0 bridgehead atoms. The van der Waals surface area contributed by atoms with Crippen molar-refractivity contribution in [3.05, 3.63) is 17.3 Å². The average molecular weight is 400 g/mol. The van der Waals surface area contributed by atoms with Crippen molar-refractivity contribution in [1.82, 2.24) is 25.2 Å². The summed E-state index contributed by atoms with van der Waals surface area (Å²) in [5.41, 5.74) is 1.23. The van der Waals surface area contributed by atoms with Crippen LogP contribution in [0.25, 0.3) is 11.2 Å². The number of nitrogens with one attached hydrogen (secondary N) is 2. The van der Waals surface area contributed by atoms with Gasteiger partial charge in [-0.25, -0.2) is 9.97 Å². The molecule has 1 saturated heterocycles. The molecule has 3 amide bonds. The summed E-state index contributed by atoms with van der Waals surface area (Å²) in [6, 6.07) is 1.72. The van der Waals surface area contributed by atoms with Gasteiger partial charge in [0.25, 0.3) is 5.24 Å². The van der Waals surface area contributed by atoms with E-state index in [0.717, 1.165) is 16.7 Å². The zero-order valence-corrected chi connectivity index (χ0v) is 15.5. The van der Waals surface area contributed by atoms with E-state index in [0.29, 0.717) is 21.3 Å². The molecule has 25 heavy (non-hydrogen) atoms. The molecule has 0 unspecified atom stereocenters. The number of carbonyl (C=O) groups is 3. The van der Waals surface area contributed by atoms with Crippen molar-refractivity contribution in [2.45, 2.75) is 17.3 Å². The molecular formula is C14H14ClN5O3S2. The summed E-state index contributed by atoms with van der Waals surface area (Å²) in [5, 5.41) is 3.11. The van der Waals surface area contributed by atoms with Crippen molar-refractivity contribution >= 4 is 63.3 Å². The Hall–Kier alpha value is -1.78. The minimum absolute atomic E-state index is 0.170. The van der Waals surface area contributed by atoms with Crippen LogP contribution in [0.3, 0.4) is 0 Å². The lowest BCUT2D eigenvalue weighted by molar-refractivity contribution is -0.125. The summed E-state index contributed by atoms with van der Waals surface area (Å²) in [4.78, 5) is 47.7.